The van der Waals surface area contributed by atoms with Gasteiger partial charge < -0.3 is 14.4 Å². The van der Waals surface area contributed by atoms with Crippen LogP contribution in [-0.4, -0.2) is 64.7 Å². The van der Waals surface area contributed by atoms with Gasteiger partial charge in [-0.3, -0.25) is 9.48 Å². The van der Waals surface area contributed by atoms with E-state index in [0.29, 0.717) is 24.0 Å². The van der Waals surface area contributed by atoms with Crippen molar-refractivity contribution < 1.29 is 23.0 Å². The molecule has 9 heteroatoms. The summed E-state index contributed by atoms with van der Waals surface area (Å²) < 4.78 is 37.1. The Bertz CT molecular complexity index is 960. The number of hydrogen-bond donors (Lipinski definition) is 0. The Morgan fingerprint density at radius 2 is 1.89 bits per heavy atom. The van der Waals surface area contributed by atoms with E-state index < -0.39 is 13.0 Å². The van der Waals surface area contributed by atoms with Crippen LogP contribution < -0.4 is 9.47 Å². The summed E-state index contributed by atoms with van der Waals surface area (Å²) in [5, 5.41) is 4.05. The van der Waals surface area contributed by atoms with Crippen LogP contribution >= 0.6 is 0 Å². The van der Waals surface area contributed by atoms with Crippen LogP contribution in [0.4, 0.5) is 8.78 Å². The molecule has 0 unspecified atom stereocenters. The molecule has 2 aliphatic rings. The molecule has 0 radical (unpaired) electrons. The van der Waals surface area contributed by atoms with Gasteiger partial charge in [0.25, 0.3) is 6.43 Å². The number of aryl methyl sites for hydroxylation is 1. The summed E-state index contributed by atoms with van der Waals surface area (Å²) >= 11 is 0. The maximum atomic E-state index is 12.4. The molecule has 0 atom stereocenters. The number of Topliss-reactive ketones (excluding diaryl/α,β-unsaturated/α-hetero) is 1. The maximum absolute atomic E-state index is 12.4. The number of halogens is 2. The summed E-state index contributed by atoms with van der Waals surface area (Å²) in [6.45, 7) is 2.49. The highest BCUT2D eigenvalue weighted by Crippen LogP contribution is 2.33. The molecule has 2 aromatic rings. The smallest absolute Gasteiger partial charge is 0.272 e. The second-order valence-electron chi connectivity index (χ2n) is 9.86. The maximum Gasteiger partial charge on any atom is 0.272 e. The molecule has 3 heterocycles. The summed E-state index contributed by atoms with van der Waals surface area (Å²) in [5.41, 5.74) is 2.16. The summed E-state index contributed by atoms with van der Waals surface area (Å²) in [4.78, 5) is 19.3. The Balaban J connectivity index is 1.13. The summed E-state index contributed by atoms with van der Waals surface area (Å²) in [7, 11) is 1.82. The second-order valence-corrected chi connectivity index (χ2v) is 9.86. The Morgan fingerprint density at radius 1 is 1.11 bits per heavy atom. The van der Waals surface area contributed by atoms with Crippen molar-refractivity contribution in [3.8, 4) is 11.6 Å². The van der Waals surface area contributed by atoms with Gasteiger partial charge >= 0.3 is 0 Å². The molecule has 0 N–H and O–H groups in total. The fourth-order valence-corrected chi connectivity index (χ4v) is 5.17. The molecule has 4 rings (SSSR count). The lowest BCUT2D eigenvalue weighted by atomic mass is 9.78. The molecule has 2 aromatic heterocycles. The average molecular weight is 491 g/mol. The molecule has 7 nitrogen and oxygen atoms in total. The zero-order valence-corrected chi connectivity index (χ0v) is 20.5. The quantitative estimate of drug-likeness (QED) is 0.473. The van der Waals surface area contributed by atoms with Crippen molar-refractivity contribution >= 4 is 5.78 Å². The van der Waals surface area contributed by atoms with Gasteiger partial charge in [0.15, 0.2) is 18.1 Å². The van der Waals surface area contributed by atoms with E-state index in [9.17, 15) is 13.6 Å². The number of alkyl halides is 2. The van der Waals surface area contributed by atoms with Crippen LogP contribution in [0.1, 0.15) is 49.8 Å². The number of rotatable bonds is 11. The molecule has 1 aliphatic heterocycles. The third-order valence-electron chi connectivity index (χ3n) is 7.18. The van der Waals surface area contributed by atoms with Crippen LogP contribution in [0.25, 0.3) is 0 Å². The average Bonchev–Trinajstić information content (AvgIpc) is 3.16. The van der Waals surface area contributed by atoms with Crippen LogP contribution in [0.5, 0.6) is 11.6 Å². The van der Waals surface area contributed by atoms with Crippen molar-refractivity contribution in [3.63, 3.8) is 0 Å². The molecule has 0 amide bonds. The highest BCUT2D eigenvalue weighted by atomic mass is 19.3. The van der Waals surface area contributed by atoms with E-state index in [1.807, 2.05) is 13.1 Å². The molecule has 0 aromatic carbocycles. The fraction of sp³-hybridized carbons (Fsp3) is 0.654. The molecule has 1 aliphatic carbocycles. The summed E-state index contributed by atoms with van der Waals surface area (Å²) in [5.74, 6) is 2.27. The van der Waals surface area contributed by atoms with Crippen molar-refractivity contribution in [3.05, 3.63) is 35.8 Å². The number of carbonyl (C=O) groups is 1. The first kappa shape index (κ1) is 25.5. The van der Waals surface area contributed by atoms with E-state index in [1.165, 1.54) is 24.8 Å². The molecule has 0 spiro atoms. The minimum atomic E-state index is -2.49. The predicted molar refractivity (Wildman–Crippen MR) is 128 cm³/mol. The zero-order chi connectivity index (χ0) is 24.6. The van der Waals surface area contributed by atoms with E-state index in [4.69, 9.17) is 9.47 Å². The number of aromatic nitrogens is 3. The Morgan fingerprint density at radius 3 is 2.63 bits per heavy atom. The van der Waals surface area contributed by atoms with Gasteiger partial charge in [-0.1, -0.05) is 18.9 Å². The first-order valence-corrected chi connectivity index (χ1v) is 12.7. The van der Waals surface area contributed by atoms with Crippen molar-refractivity contribution in [1.29, 1.82) is 0 Å². The predicted octanol–water partition coefficient (Wildman–Crippen LogP) is 4.09. The lowest BCUT2D eigenvalue weighted by Crippen LogP contribution is -2.30. The van der Waals surface area contributed by atoms with Gasteiger partial charge in [-0.2, -0.15) is 5.10 Å². The summed E-state index contributed by atoms with van der Waals surface area (Å²) in [6.07, 6.45) is 9.01. The monoisotopic (exact) mass is 490 g/mol. The van der Waals surface area contributed by atoms with Crippen molar-refractivity contribution in [2.24, 2.45) is 18.9 Å². The number of fused-ring (bicyclic) bond motifs is 1. The van der Waals surface area contributed by atoms with E-state index in [-0.39, 0.29) is 18.3 Å². The first-order chi connectivity index (χ1) is 16.9. The number of hydrogen-bond acceptors (Lipinski definition) is 6. The van der Waals surface area contributed by atoms with E-state index >= 15 is 0 Å². The van der Waals surface area contributed by atoms with Gasteiger partial charge in [-0.05, 0) is 49.6 Å². The van der Waals surface area contributed by atoms with Gasteiger partial charge in [0.2, 0.25) is 5.88 Å². The topological polar surface area (TPSA) is 69.5 Å². The van der Waals surface area contributed by atoms with E-state index in [0.717, 1.165) is 51.0 Å². The van der Waals surface area contributed by atoms with Gasteiger partial charge in [-0.25, -0.2) is 13.8 Å². The Hall–Kier alpha value is -2.55. The lowest BCUT2D eigenvalue weighted by Gasteiger charge is -2.30. The summed E-state index contributed by atoms with van der Waals surface area (Å²) in [6, 6.07) is 3.67. The minimum absolute atomic E-state index is 0.123. The van der Waals surface area contributed by atoms with Gasteiger partial charge in [0.05, 0.1) is 12.4 Å². The van der Waals surface area contributed by atoms with Crippen LogP contribution in [0.2, 0.25) is 0 Å². The molecule has 0 saturated heterocycles. The van der Waals surface area contributed by atoms with Crippen molar-refractivity contribution in [1.82, 2.24) is 19.7 Å². The number of carbonyl (C=O) groups excluding carboxylic acids is 1. The lowest BCUT2D eigenvalue weighted by molar-refractivity contribution is -0.122. The highest BCUT2D eigenvalue weighted by Gasteiger charge is 2.24. The third-order valence-corrected chi connectivity index (χ3v) is 7.18. The van der Waals surface area contributed by atoms with Crippen molar-refractivity contribution in [2.45, 2.75) is 57.8 Å². The molecule has 0 bridgehead atoms. The fourth-order valence-electron chi connectivity index (χ4n) is 5.17. The minimum Gasteiger partial charge on any atom is -0.483 e. The molecule has 1 saturated carbocycles. The SMILES string of the molecule is Cn1cc(OCC(=O)CC2CCC(CCN3CCc4ccc(OCC(F)F)nc4CC3)CC2)cn1. The molecular formula is C26H36F2N4O3. The number of nitrogens with zero attached hydrogens (tertiary/aromatic N) is 4. The molecule has 192 valence electrons. The second kappa shape index (κ2) is 12.4. The standard InChI is InChI=1S/C26H36F2N4O3/c1-31-16-23(15-29-31)34-17-22(33)14-20-4-2-19(3-5-20)8-11-32-12-9-21-6-7-26(35-18-25(27)28)30-24(21)10-13-32/h6-7,15-16,19-20,25H,2-5,8-14,17-18H2,1H3. The molecule has 35 heavy (non-hydrogen) atoms. The Kier molecular flexibility index (Phi) is 9.06. The zero-order valence-electron chi connectivity index (χ0n) is 20.5. The normalized spacial score (nSPS) is 20.9. The number of pyridine rings is 1. The van der Waals surface area contributed by atoms with Crippen molar-refractivity contribution in [2.75, 3.05) is 32.8 Å². The van der Waals surface area contributed by atoms with Crippen LogP contribution in [0.15, 0.2) is 24.5 Å². The van der Waals surface area contributed by atoms with Crippen LogP contribution in [0.3, 0.4) is 0 Å². The van der Waals surface area contributed by atoms with E-state index in [2.05, 4.69) is 15.0 Å². The van der Waals surface area contributed by atoms with Crippen LogP contribution in [-0.2, 0) is 24.7 Å². The number of ketones is 1. The molecular weight excluding hydrogens is 454 g/mol. The van der Waals surface area contributed by atoms with E-state index in [1.54, 1.807) is 23.1 Å². The van der Waals surface area contributed by atoms with Crippen LogP contribution in [0, 0.1) is 11.8 Å². The van der Waals surface area contributed by atoms with Gasteiger partial charge in [0, 0.05) is 44.7 Å². The largest absolute Gasteiger partial charge is 0.483 e. The first-order valence-electron chi connectivity index (χ1n) is 12.7. The molecule has 1 fully saturated rings. The highest BCUT2D eigenvalue weighted by molar-refractivity contribution is 5.80. The third kappa shape index (κ3) is 7.98. The Labute approximate surface area is 205 Å². The number of ether oxygens (including phenoxy) is 2. The van der Waals surface area contributed by atoms with Gasteiger partial charge in [0.1, 0.15) is 6.61 Å². The van der Waals surface area contributed by atoms with Gasteiger partial charge in [-0.15, -0.1) is 0 Å².